The summed E-state index contributed by atoms with van der Waals surface area (Å²) in [6.45, 7) is 3.10. The third kappa shape index (κ3) is 6.77. The fourth-order valence-electron chi connectivity index (χ4n) is 4.29. The molecule has 1 fully saturated rings. The van der Waals surface area contributed by atoms with Gasteiger partial charge in [-0.15, -0.1) is 5.10 Å². The summed E-state index contributed by atoms with van der Waals surface area (Å²) in [7, 11) is 2.01. The third-order valence-corrected chi connectivity index (χ3v) is 6.46. The Morgan fingerprint density at radius 3 is 2.22 bits per heavy atom. The molecular weight excluding hydrogens is 450 g/mol. The second-order valence-electron chi connectivity index (χ2n) is 9.24. The Kier molecular flexibility index (Phi) is 8.81. The second kappa shape index (κ2) is 12.4. The highest BCUT2D eigenvalue weighted by Crippen LogP contribution is 2.29. The number of hydrogen-bond acceptors (Lipinski definition) is 5. The van der Waals surface area contributed by atoms with Gasteiger partial charge in [-0.2, -0.15) is 0 Å². The summed E-state index contributed by atoms with van der Waals surface area (Å²) >= 11 is 0. The molecule has 1 saturated carbocycles. The quantitative estimate of drug-likeness (QED) is 0.376. The number of aliphatic hydroxyl groups excluding tert-OH is 2. The molecule has 7 heteroatoms. The van der Waals surface area contributed by atoms with Gasteiger partial charge in [-0.1, -0.05) is 72.8 Å². The summed E-state index contributed by atoms with van der Waals surface area (Å²) in [5, 5.41) is 26.8. The Morgan fingerprint density at radius 2 is 1.67 bits per heavy atom. The highest BCUT2D eigenvalue weighted by molar-refractivity contribution is 5.69. The predicted octanol–water partition coefficient (Wildman–Crippen LogP) is 4.76. The van der Waals surface area contributed by atoms with E-state index in [9.17, 15) is 5.11 Å². The lowest BCUT2D eigenvalue weighted by Gasteiger charge is -2.30. The van der Waals surface area contributed by atoms with E-state index in [-0.39, 0.29) is 12.7 Å². The molecule has 0 bridgehead atoms. The van der Waals surface area contributed by atoms with Crippen molar-refractivity contribution in [2.24, 2.45) is 13.0 Å². The molecule has 0 radical (unpaired) electrons. The molecule has 4 aromatic rings. The van der Waals surface area contributed by atoms with E-state index in [1.165, 1.54) is 0 Å². The first-order valence-corrected chi connectivity index (χ1v) is 12.6. The molecule has 1 aliphatic rings. The lowest BCUT2D eigenvalue weighted by Crippen LogP contribution is -2.31. The Hall–Kier alpha value is -3.55. The fourth-order valence-corrected chi connectivity index (χ4v) is 4.29. The van der Waals surface area contributed by atoms with Crippen LogP contribution in [0, 0.1) is 5.92 Å². The van der Waals surface area contributed by atoms with E-state index in [0.717, 1.165) is 59.6 Å². The summed E-state index contributed by atoms with van der Waals surface area (Å²) < 4.78 is 3.91. The Morgan fingerprint density at radius 1 is 1.00 bits per heavy atom. The van der Waals surface area contributed by atoms with Gasteiger partial charge in [0.05, 0.1) is 12.3 Å². The van der Waals surface area contributed by atoms with E-state index in [2.05, 4.69) is 70.8 Å². The fraction of sp³-hybridized carbons (Fsp3) is 0.345. The maximum atomic E-state index is 9.41. The summed E-state index contributed by atoms with van der Waals surface area (Å²) in [6.07, 6.45) is 13.0. The van der Waals surface area contributed by atoms with Gasteiger partial charge in [0.25, 0.3) is 0 Å². The lowest BCUT2D eigenvalue weighted by atomic mass is 9.82. The normalized spacial score (nSPS) is 17.0. The van der Waals surface area contributed by atoms with Gasteiger partial charge >= 0.3 is 0 Å². The van der Waals surface area contributed by atoms with E-state index in [1.54, 1.807) is 0 Å². The SMILES string of the molecule is CCc1nccn1C.OCC/C=C/c1ccc(-c2ccc(-c3cn(CC4CC(O)C4)nn3)cc2)cc1. The second-order valence-corrected chi connectivity index (χ2v) is 9.24. The summed E-state index contributed by atoms with van der Waals surface area (Å²) in [5.74, 6) is 1.65. The number of imidazole rings is 1. The van der Waals surface area contributed by atoms with Crippen LogP contribution in [-0.2, 0) is 20.0 Å². The van der Waals surface area contributed by atoms with Gasteiger partial charge in [-0.25, -0.2) is 4.98 Å². The van der Waals surface area contributed by atoms with Crippen molar-refractivity contribution in [3.05, 3.63) is 84.6 Å². The van der Waals surface area contributed by atoms with Crippen molar-refractivity contribution < 1.29 is 10.2 Å². The van der Waals surface area contributed by atoms with Crippen molar-refractivity contribution in [1.29, 1.82) is 0 Å². The molecule has 0 amide bonds. The van der Waals surface area contributed by atoms with Crippen molar-refractivity contribution in [2.45, 2.75) is 45.3 Å². The van der Waals surface area contributed by atoms with Gasteiger partial charge in [0.15, 0.2) is 0 Å². The molecule has 2 N–H and O–H groups in total. The largest absolute Gasteiger partial charge is 0.396 e. The molecule has 0 atom stereocenters. The Balaban J connectivity index is 0.000000325. The molecule has 36 heavy (non-hydrogen) atoms. The van der Waals surface area contributed by atoms with Gasteiger partial charge in [0.1, 0.15) is 11.5 Å². The average molecular weight is 486 g/mol. The van der Waals surface area contributed by atoms with Gasteiger partial charge in [0.2, 0.25) is 0 Å². The maximum Gasteiger partial charge on any atom is 0.113 e. The summed E-state index contributed by atoms with van der Waals surface area (Å²) in [4.78, 5) is 4.10. The predicted molar refractivity (Wildman–Crippen MR) is 143 cm³/mol. The lowest BCUT2D eigenvalue weighted by molar-refractivity contribution is 0.0334. The van der Waals surface area contributed by atoms with Crippen molar-refractivity contribution in [3.8, 4) is 22.4 Å². The van der Waals surface area contributed by atoms with Crippen LogP contribution in [0.25, 0.3) is 28.5 Å². The van der Waals surface area contributed by atoms with Crippen LogP contribution < -0.4 is 0 Å². The minimum Gasteiger partial charge on any atom is -0.396 e. The molecule has 5 rings (SSSR count). The van der Waals surface area contributed by atoms with Crippen molar-refractivity contribution in [1.82, 2.24) is 24.5 Å². The number of benzene rings is 2. The summed E-state index contributed by atoms with van der Waals surface area (Å²) in [6, 6.07) is 16.7. The van der Waals surface area contributed by atoms with Crippen LogP contribution in [0.4, 0.5) is 0 Å². The van der Waals surface area contributed by atoms with Gasteiger partial charge < -0.3 is 14.8 Å². The van der Waals surface area contributed by atoms with Gasteiger partial charge in [0, 0.05) is 44.6 Å². The van der Waals surface area contributed by atoms with E-state index < -0.39 is 0 Å². The van der Waals surface area contributed by atoms with E-state index in [1.807, 2.05) is 47.0 Å². The van der Waals surface area contributed by atoms with Crippen LogP contribution in [0.1, 0.15) is 37.6 Å². The number of hydrogen-bond donors (Lipinski definition) is 2. The smallest absolute Gasteiger partial charge is 0.113 e. The minimum absolute atomic E-state index is 0.133. The number of rotatable bonds is 8. The van der Waals surface area contributed by atoms with Crippen molar-refractivity contribution in [3.63, 3.8) is 0 Å². The highest BCUT2D eigenvalue weighted by atomic mass is 16.3. The first-order valence-electron chi connectivity index (χ1n) is 12.6. The molecule has 2 aromatic heterocycles. The topological polar surface area (TPSA) is 89.0 Å². The van der Waals surface area contributed by atoms with Crippen LogP contribution in [0.5, 0.6) is 0 Å². The summed E-state index contributed by atoms with van der Waals surface area (Å²) in [5.41, 5.74) is 5.37. The van der Waals surface area contributed by atoms with E-state index in [0.29, 0.717) is 12.3 Å². The van der Waals surface area contributed by atoms with Crippen LogP contribution in [0.15, 0.2) is 73.2 Å². The zero-order valence-corrected chi connectivity index (χ0v) is 21.0. The zero-order valence-electron chi connectivity index (χ0n) is 21.0. The molecule has 188 valence electrons. The van der Waals surface area contributed by atoms with Crippen molar-refractivity contribution >= 4 is 6.08 Å². The number of aliphatic hydroxyl groups is 2. The molecule has 1 aliphatic carbocycles. The van der Waals surface area contributed by atoms with Crippen molar-refractivity contribution in [2.75, 3.05) is 6.61 Å². The van der Waals surface area contributed by atoms with Crippen LogP contribution in [0.3, 0.4) is 0 Å². The van der Waals surface area contributed by atoms with E-state index in [4.69, 9.17) is 5.11 Å². The molecule has 0 spiro atoms. The van der Waals surface area contributed by atoms with E-state index >= 15 is 0 Å². The number of aryl methyl sites for hydroxylation is 2. The standard InChI is InChI=1S/C23H25N3O2.C6H10N2/c27-12-2-1-3-17-4-6-19(7-5-17)20-8-10-21(11-9-20)23-16-26(25-24-23)15-18-13-22(28)14-18;1-3-6-7-4-5-8(6)2/h1,3-11,16,18,22,27-28H,2,12-15H2;4-5H,3H2,1-2H3/b3-1+;. The first-order chi connectivity index (χ1) is 17.6. The van der Waals surface area contributed by atoms with Gasteiger partial charge in [-0.05, 0) is 41.9 Å². The first kappa shape index (κ1) is 25.5. The van der Waals surface area contributed by atoms with Crippen LogP contribution >= 0.6 is 0 Å². The molecule has 7 nitrogen and oxygen atoms in total. The molecule has 0 aliphatic heterocycles. The third-order valence-electron chi connectivity index (χ3n) is 6.46. The molecule has 2 heterocycles. The minimum atomic E-state index is -0.133. The molecule has 2 aromatic carbocycles. The zero-order chi connectivity index (χ0) is 25.3. The molecular formula is C29H35N5O2. The Bertz CT molecular complexity index is 1240. The van der Waals surface area contributed by atoms with Gasteiger partial charge in [-0.3, -0.25) is 4.68 Å². The number of nitrogens with zero attached hydrogens (tertiary/aromatic N) is 5. The number of aromatic nitrogens is 5. The maximum absolute atomic E-state index is 9.41. The van der Waals surface area contributed by atoms with Crippen LogP contribution in [-0.4, -0.2) is 47.5 Å². The Labute approximate surface area is 212 Å². The molecule has 0 saturated heterocycles. The highest BCUT2D eigenvalue weighted by Gasteiger charge is 2.27. The average Bonchev–Trinajstić information content (AvgIpc) is 3.53. The van der Waals surface area contributed by atoms with Crippen LogP contribution in [0.2, 0.25) is 0 Å². The monoisotopic (exact) mass is 485 g/mol. The molecule has 0 unspecified atom stereocenters.